The van der Waals surface area contributed by atoms with Crippen LogP contribution in [-0.2, 0) is 12.7 Å². The molecule has 1 fully saturated rings. The number of anilines is 1. The third kappa shape index (κ3) is 4.57. The smallest absolute Gasteiger partial charge is 0.354 e. The number of aromatic nitrogens is 3. The Morgan fingerprint density at radius 1 is 1.09 bits per heavy atom. The average Bonchev–Trinajstić information content (AvgIpc) is 3.27. The Kier molecular flexibility index (Phi) is 6.10. The van der Waals surface area contributed by atoms with Gasteiger partial charge in [-0.2, -0.15) is 23.5 Å². The van der Waals surface area contributed by atoms with E-state index in [1.807, 2.05) is 17.0 Å². The lowest BCUT2D eigenvalue weighted by molar-refractivity contribution is -0.137. The SMILES string of the molecule is N#Cc1ccc(-c2[nH]ncc2CN2CCN(c3ccc(C(F)(F)F)cn3)C[C@H]2CF)cc1. The summed E-state index contributed by atoms with van der Waals surface area (Å²) in [7, 11) is 0. The number of nitriles is 1. The molecule has 3 aromatic rings. The monoisotopic (exact) mass is 444 g/mol. The van der Waals surface area contributed by atoms with Crippen molar-refractivity contribution in [1.29, 1.82) is 5.26 Å². The van der Waals surface area contributed by atoms with Crippen LogP contribution in [0.1, 0.15) is 16.7 Å². The van der Waals surface area contributed by atoms with Gasteiger partial charge >= 0.3 is 6.18 Å². The zero-order valence-electron chi connectivity index (χ0n) is 17.0. The highest BCUT2D eigenvalue weighted by Gasteiger charge is 2.32. The molecule has 1 aliphatic heterocycles. The predicted molar refractivity (Wildman–Crippen MR) is 110 cm³/mol. The van der Waals surface area contributed by atoms with Crippen LogP contribution >= 0.6 is 0 Å². The van der Waals surface area contributed by atoms with Crippen molar-refractivity contribution in [3.63, 3.8) is 0 Å². The van der Waals surface area contributed by atoms with Gasteiger partial charge in [-0.25, -0.2) is 9.37 Å². The van der Waals surface area contributed by atoms with Gasteiger partial charge in [0.2, 0.25) is 0 Å². The molecule has 0 saturated carbocycles. The number of aromatic amines is 1. The molecule has 6 nitrogen and oxygen atoms in total. The topological polar surface area (TPSA) is 71.8 Å². The maximum Gasteiger partial charge on any atom is 0.417 e. The van der Waals surface area contributed by atoms with Gasteiger partial charge in [-0.3, -0.25) is 10.00 Å². The summed E-state index contributed by atoms with van der Waals surface area (Å²) in [4.78, 5) is 7.74. The van der Waals surface area contributed by atoms with E-state index in [0.717, 1.165) is 29.1 Å². The van der Waals surface area contributed by atoms with E-state index in [1.54, 1.807) is 23.2 Å². The average molecular weight is 444 g/mol. The van der Waals surface area contributed by atoms with Crippen molar-refractivity contribution in [2.45, 2.75) is 18.8 Å². The number of H-pyrrole nitrogens is 1. The highest BCUT2D eigenvalue weighted by Crippen LogP contribution is 2.30. The molecule has 1 saturated heterocycles. The second-order valence-corrected chi connectivity index (χ2v) is 7.59. The fourth-order valence-electron chi connectivity index (χ4n) is 3.81. The molecule has 0 aliphatic carbocycles. The van der Waals surface area contributed by atoms with Crippen LogP contribution in [-0.4, -0.2) is 52.4 Å². The highest BCUT2D eigenvalue weighted by molar-refractivity contribution is 5.63. The first-order valence-electron chi connectivity index (χ1n) is 10.00. The van der Waals surface area contributed by atoms with Crippen LogP contribution in [0.3, 0.4) is 0 Å². The Morgan fingerprint density at radius 3 is 2.50 bits per heavy atom. The predicted octanol–water partition coefficient (Wildman–Crippen LogP) is 4.02. The third-order valence-electron chi connectivity index (χ3n) is 5.58. The van der Waals surface area contributed by atoms with E-state index in [-0.39, 0.29) is 0 Å². The summed E-state index contributed by atoms with van der Waals surface area (Å²) < 4.78 is 52.2. The van der Waals surface area contributed by atoms with Crippen LogP contribution in [0, 0.1) is 11.3 Å². The number of alkyl halides is 4. The van der Waals surface area contributed by atoms with Crippen LogP contribution in [0.5, 0.6) is 0 Å². The van der Waals surface area contributed by atoms with Gasteiger partial charge in [0.1, 0.15) is 12.5 Å². The Bertz CT molecular complexity index is 1090. The second kappa shape index (κ2) is 8.96. The van der Waals surface area contributed by atoms with Gasteiger partial charge in [-0.05, 0) is 29.8 Å². The highest BCUT2D eigenvalue weighted by atomic mass is 19.4. The number of hydrogen-bond acceptors (Lipinski definition) is 5. The van der Waals surface area contributed by atoms with Gasteiger partial charge in [0.15, 0.2) is 0 Å². The van der Waals surface area contributed by atoms with Crippen LogP contribution in [0.15, 0.2) is 48.8 Å². The summed E-state index contributed by atoms with van der Waals surface area (Å²) in [5.74, 6) is 0.401. The molecule has 1 aliphatic rings. The largest absolute Gasteiger partial charge is 0.417 e. The van der Waals surface area contributed by atoms with Crippen molar-refractivity contribution >= 4 is 5.82 Å². The van der Waals surface area contributed by atoms with E-state index in [4.69, 9.17) is 5.26 Å². The van der Waals surface area contributed by atoms with Gasteiger partial charge < -0.3 is 4.90 Å². The lowest BCUT2D eigenvalue weighted by Gasteiger charge is -2.40. The van der Waals surface area contributed by atoms with E-state index in [2.05, 4.69) is 21.3 Å². The molecule has 1 atom stereocenters. The molecule has 0 radical (unpaired) electrons. The molecule has 32 heavy (non-hydrogen) atoms. The Labute approximate surface area is 182 Å². The van der Waals surface area contributed by atoms with E-state index in [0.29, 0.717) is 37.6 Å². The molecule has 0 spiro atoms. The summed E-state index contributed by atoms with van der Waals surface area (Å²) in [5.41, 5.74) is 2.33. The van der Waals surface area contributed by atoms with Crippen LogP contribution < -0.4 is 4.90 Å². The Hall–Kier alpha value is -3.45. The number of halogens is 4. The normalized spacial score (nSPS) is 17.3. The van der Waals surface area contributed by atoms with Crippen molar-refractivity contribution in [1.82, 2.24) is 20.1 Å². The fourth-order valence-corrected chi connectivity index (χ4v) is 3.81. The molecule has 0 amide bonds. The standard InChI is InChI=1S/C22H20F4N6/c23-9-19-14-32(20-6-5-18(12-28-20)22(24,25)26)8-7-31(19)13-17-11-29-30-21(17)16-3-1-15(10-27)2-4-16/h1-6,11-12,19H,7-9,13-14H2,(H,29,30)/t19-/m1/s1. The van der Waals surface area contributed by atoms with Crippen molar-refractivity contribution < 1.29 is 17.6 Å². The molecule has 0 bridgehead atoms. The summed E-state index contributed by atoms with van der Waals surface area (Å²) >= 11 is 0. The molecular weight excluding hydrogens is 424 g/mol. The molecule has 1 aromatic carbocycles. The van der Waals surface area contributed by atoms with Crippen LogP contribution in [0.4, 0.5) is 23.4 Å². The fraction of sp³-hybridized carbons (Fsp3) is 0.318. The van der Waals surface area contributed by atoms with Gasteiger partial charge in [-0.1, -0.05) is 12.1 Å². The first-order chi connectivity index (χ1) is 15.4. The van der Waals surface area contributed by atoms with Crippen molar-refractivity contribution in [2.24, 2.45) is 0 Å². The number of nitrogens with zero attached hydrogens (tertiary/aromatic N) is 5. The first-order valence-corrected chi connectivity index (χ1v) is 10.00. The number of rotatable bonds is 5. The minimum Gasteiger partial charge on any atom is -0.354 e. The quantitative estimate of drug-likeness (QED) is 0.602. The number of piperazine rings is 1. The summed E-state index contributed by atoms with van der Waals surface area (Å²) in [6.45, 7) is 1.23. The zero-order valence-corrected chi connectivity index (χ0v) is 17.0. The van der Waals surface area contributed by atoms with Gasteiger partial charge in [0, 0.05) is 37.9 Å². The second-order valence-electron chi connectivity index (χ2n) is 7.59. The van der Waals surface area contributed by atoms with Crippen molar-refractivity contribution in [2.75, 3.05) is 31.2 Å². The molecule has 10 heteroatoms. The minimum absolute atomic E-state index is 0.318. The molecular formula is C22H20F4N6. The van der Waals surface area contributed by atoms with Gasteiger partial charge in [0.25, 0.3) is 0 Å². The Morgan fingerprint density at radius 2 is 1.88 bits per heavy atom. The number of hydrogen-bond donors (Lipinski definition) is 1. The van der Waals surface area contributed by atoms with Gasteiger partial charge in [-0.15, -0.1) is 0 Å². The number of nitrogens with one attached hydrogen (secondary N) is 1. The van der Waals surface area contributed by atoms with E-state index in [9.17, 15) is 17.6 Å². The molecule has 4 rings (SSSR count). The van der Waals surface area contributed by atoms with E-state index in [1.165, 1.54) is 6.07 Å². The number of benzene rings is 1. The lowest BCUT2D eigenvalue weighted by atomic mass is 10.0. The third-order valence-corrected chi connectivity index (χ3v) is 5.58. The van der Waals surface area contributed by atoms with E-state index >= 15 is 0 Å². The maximum absolute atomic E-state index is 13.9. The summed E-state index contributed by atoms with van der Waals surface area (Å²) in [6.07, 6.45) is -1.93. The van der Waals surface area contributed by atoms with Crippen molar-refractivity contribution in [3.05, 3.63) is 65.5 Å². The van der Waals surface area contributed by atoms with Crippen LogP contribution in [0.25, 0.3) is 11.3 Å². The zero-order chi connectivity index (χ0) is 22.7. The summed E-state index contributed by atoms with van der Waals surface area (Å²) in [5, 5.41) is 16.1. The Balaban J connectivity index is 1.46. The van der Waals surface area contributed by atoms with Gasteiger partial charge in [0.05, 0.1) is 35.1 Å². The molecule has 0 unspecified atom stereocenters. The van der Waals surface area contributed by atoms with Crippen molar-refractivity contribution in [3.8, 4) is 17.3 Å². The summed E-state index contributed by atoms with van der Waals surface area (Å²) in [6, 6.07) is 11.1. The van der Waals surface area contributed by atoms with Crippen LogP contribution in [0.2, 0.25) is 0 Å². The van der Waals surface area contributed by atoms with E-state index < -0.39 is 24.5 Å². The minimum atomic E-state index is -4.44. The maximum atomic E-state index is 13.9. The number of pyridine rings is 1. The molecule has 2 aromatic heterocycles. The molecule has 1 N–H and O–H groups in total. The lowest BCUT2D eigenvalue weighted by Crippen LogP contribution is -2.54. The first kappa shape index (κ1) is 21.8. The molecule has 3 heterocycles. The molecule has 166 valence electrons.